The van der Waals surface area contributed by atoms with E-state index in [1.165, 1.54) is 22.7 Å². The Bertz CT molecular complexity index is 1530. The summed E-state index contributed by atoms with van der Waals surface area (Å²) in [6, 6.07) is 12.6. The van der Waals surface area contributed by atoms with Crippen LogP contribution in [0.1, 0.15) is 9.67 Å². The maximum absolute atomic E-state index is 12.9. The summed E-state index contributed by atoms with van der Waals surface area (Å²) in [5, 5.41) is 5.28. The monoisotopic (exact) mass is 455 g/mol. The summed E-state index contributed by atoms with van der Waals surface area (Å²) in [5.74, 6) is 0.433. The first kappa shape index (κ1) is 19.0. The molecule has 0 saturated heterocycles. The van der Waals surface area contributed by atoms with Crippen molar-refractivity contribution in [3.63, 3.8) is 0 Å². The average molecular weight is 456 g/mol. The number of pyridine rings is 1. The fourth-order valence-electron chi connectivity index (χ4n) is 3.37. The summed E-state index contributed by atoms with van der Waals surface area (Å²) in [7, 11) is 3.31. The molecule has 3 aromatic heterocycles. The molecule has 0 aliphatic carbocycles. The second-order valence-corrected chi connectivity index (χ2v) is 9.21. The van der Waals surface area contributed by atoms with Crippen LogP contribution in [0.25, 0.3) is 31.2 Å². The molecule has 0 radical (unpaired) electrons. The van der Waals surface area contributed by atoms with Crippen LogP contribution >= 0.6 is 34.3 Å². The van der Waals surface area contributed by atoms with Gasteiger partial charge in [-0.2, -0.15) is 0 Å². The lowest BCUT2D eigenvalue weighted by atomic mass is 10.1. The van der Waals surface area contributed by atoms with Crippen LogP contribution in [0.2, 0.25) is 5.02 Å². The zero-order valence-electron chi connectivity index (χ0n) is 15.9. The number of amides is 1. The van der Waals surface area contributed by atoms with E-state index in [9.17, 15) is 9.59 Å². The van der Waals surface area contributed by atoms with E-state index in [0.717, 1.165) is 31.6 Å². The van der Waals surface area contributed by atoms with Crippen molar-refractivity contribution in [1.29, 1.82) is 0 Å². The highest BCUT2D eigenvalue weighted by Gasteiger charge is 2.18. The number of benzene rings is 2. The van der Waals surface area contributed by atoms with Gasteiger partial charge in [0.25, 0.3) is 11.5 Å². The van der Waals surface area contributed by atoms with E-state index in [0.29, 0.717) is 20.4 Å². The first-order chi connectivity index (χ1) is 14.4. The minimum absolute atomic E-state index is 0.165. The lowest BCUT2D eigenvalue weighted by Crippen LogP contribution is -2.16. The number of methoxy groups -OCH3 is 1. The largest absolute Gasteiger partial charge is 0.497 e. The van der Waals surface area contributed by atoms with Crippen LogP contribution < -0.4 is 15.6 Å². The van der Waals surface area contributed by atoms with Crippen LogP contribution in [0.3, 0.4) is 0 Å². The number of aryl methyl sites for hydroxylation is 1. The number of anilines is 1. The molecule has 5 aromatic rings. The quantitative estimate of drug-likeness (QED) is 0.402. The van der Waals surface area contributed by atoms with Crippen molar-refractivity contribution >= 4 is 76.5 Å². The van der Waals surface area contributed by atoms with Gasteiger partial charge in [0.15, 0.2) is 5.13 Å². The molecule has 0 spiro atoms. The topological polar surface area (TPSA) is 73.2 Å². The first-order valence-corrected chi connectivity index (χ1v) is 10.9. The van der Waals surface area contributed by atoms with E-state index in [1.807, 2.05) is 24.3 Å². The van der Waals surface area contributed by atoms with E-state index in [4.69, 9.17) is 16.3 Å². The van der Waals surface area contributed by atoms with E-state index in [-0.39, 0.29) is 11.5 Å². The fraction of sp³-hybridized carbons (Fsp3) is 0.0952. The predicted molar refractivity (Wildman–Crippen MR) is 124 cm³/mol. The molecule has 0 bridgehead atoms. The molecule has 2 aromatic carbocycles. The SMILES string of the molecule is COc1ccc2nc(NC(=O)c3cc4c(=O)n(C)c5cc(Cl)ccc5c4s3)sc2c1. The van der Waals surface area contributed by atoms with Gasteiger partial charge < -0.3 is 9.30 Å². The van der Waals surface area contributed by atoms with Gasteiger partial charge in [-0.15, -0.1) is 11.3 Å². The number of aromatic nitrogens is 2. The molecule has 30 heavy (non-hydrogen) atoms. The van der Waals surface area contributed by atoms with Crippen molar-refractivity contribution in [3.05, 3.63) is 62.7 Å². The van der Waals surface area contributed by atoms with Crippen molar-refractivity contribution in [2.75, 3.05) is 12.4 Å². The zero-order chi connectivity index (χ0) is 21.0. The van der Waals surface area contributed by atoms with Crippen molar-refractivity contribution in [1.82, 2.24) is 9.55 Å². The lowest BCUT2D eigenvalue weighted by Gasteiger charge is -2.06. The van der Waals surface area contributed by atoms with Crippen molar-refractivity contribution in [2.24, 2.45) is 7.05 Å². The standard InChI is InChI=1S/C21H14ClN3O3S2/c1-25-15-7-10(22)3-5-12(15)18-13(20(25)27)9-17(29-18)19(26)24-21-23-14-6-4-11(28-2)8-16(14)30-21/h3-9H,1-2H3,(H,23,24,26). The molecule has 1 amide bonds. The van der Waals surface area contributed by atoms with Gasteiger partial charge in [0.05, 0.1) is 33.1 Å². The fourth-order valence-corrected chi connectivity index (χ4v) is 5.51. The molecule has 0 atom stereocenters. The highest BCUT2D eigenvalue weighted by atomic mass is 35.5. The Balaban J connectivity index is 1.56. The number of hydrogen-bond donors (Lipinski definition) is 1. The molecule has 0 aliphatic heterocycles. The van der Waals surface area contributed by atoms with Crippen LogP contribution in [0.4, 0.5) is 5.13 Å². The second-order valence-electron chi connectivity index (χ2n) is 6.69. The van der Waals surface area contributed by atoms with E-state index >= 15 is 0 Å². The molecule has 0 unspecified atom stereocenters. The Morgan fingerprint density at radius 3 is 2.77 bits per heavy atom. The third kappa shape index (κ3) is 3.04. The second kappa shape index (κ2) is 7.09. The van der Waals surface area contributed by atoms with E-state index in [2.05, 4.69) is 10.3 Å². The maximum Gasteiger partial charge on any atom is 0.267 e. The minimum atomic E-state index is -0.300. The number of carbonyl (C=O) groups excluding carboxylic acids is 1. The summed E-state index contributed by atoms with van der Waals surface area (Å²) in [6.45, 7) is 0. The Morgan fingerprint density at radius 1 is 1.13 bits per heavy atom. The summed E-state index contributed by atoms with van der Waals surface area (Å²) in [4.78, 5) is 30.6. The van der Waals surface area contributed by atoms with Crippen LogP contribution in [0.15, 0.2) is 47.3 Å². The number of thiazole rings is 1. The number of halogens is 1. The van der Waals surface area contributed by atoms with Gasteiger partial charge in [-0.05, 0) is 42.5 Å². The van der Waals surface area contributed by atoms with E-state index < -0.39 is 0 Å². The summed E-state index contributed by atoms with van der Waals surface area (Å²) in [6.07, 6.45) is 0. The van der Waals surface area contributed by atoms with Gasteiger partial charge in [0.2, 0.25) is 0 Å². The number of carbonyl (C=O) groups is 1. The molecule has 0 saturated carbocycles. The average Bonchev–Trinajstić information content (AvgIpc) is 3.35. The third-order valence-corrected chi connectivity index (χ3v) is 7.21. The molecule has 6 nitrogen and oxygen atoms in total. The predicted octanol–water partition coefficient (Wildman–Crippen LogP) is 5.28. The Labute approximate surface area is 183 Å². The van der Waals surface area contributed by atoms with Crippen LogP contribution in [0, 0.1) is 0 Å². The number of ether oxygens (including phenoxy) is 1. The number of fused-ring (bicyclic) bond motifs is 4. The van der Waals surface area contributed by atoms with Gasteiger partial charge in [0, 0.05) is 22.2 Å². The lowest BCUT2D eigenvalue weighted by molar-refractivity contribution is 0.103. The zero-order valence-corrected chi connectivity index (χ0v) is 18.2. The Hall–Kier alpha value is -2.94. The summed E-state index contributed by atoms with van der Waals surface area (Å²) >= 11 is 8.75. The molecular formula is C21H14ClN3O3S2. The molecule has 5 rings (SSSR count). The molecule has 0 aliphatic rings. The summed E-state index contributed by atoms with van der Waals surface area (Å²) in [5.41, 5.74) is 1.35. The highest BCUT2D eigenvalue weighted by molar-refractivity contribution is 7.23. The molecule has 3 heterocycles. The highest BCUT2D eigenvalue weighted by Crippen LogP contribution is 2.33. The molecule has 9 heteroatoms. The first-order valence-electron chi connectivity index (χ1n) is 8.92. The minimum Gasteiger partial charge on any atom is -0.497 e. The van der Waals surface area contributed by atoms with Crippen molar-refractivity contribution in [3.8, 4) is 5.75 Å². The van der Waals surface area contributed by atoms with Gasteiger partial charge >= 0.3 is 0 Å². The maximum atomic E-state index is 12.9. The van der Waals surface area contributed by atoms with Gasteiger partial charge in [-0.25, -0.2) is 4.98 Å². The number of thiophene rings is 1. The van der Waals surface area contributed by atoms with Gasteiger partial charge in [-0.1, -0.05) is 22.9 Å². The number of hydrogen-bond acceptors (Lipinski definition) is 6. The molecule has 0 fully saturated rings. The van der Waals surface area contributed by atoms with Crippen LogP contribution in [0.5, 0.6) is 5.75 Å². The number of nitrogens with one attached hydrogen (secondary N) is 1. The third-order valence-electron chi connectivity index (χ3n) is 4.87. The smallest absolute Gasteiger partial charge is 0.267 e. The molecule has 1 N–H and O–H groups in total. The van der Waals surface area contributed by atoms with Gasteiger partial charge in [-0.3, -0.25) is 14.9 Å². The molecule has 150 valence electrons. The Morgan fingerprint density at radius 2 is 1.97 bits per heavy atom. The number of rotatable bonds is 3. The summed E-state index contributed by atoms with van der Waals surface area (Å²) < 4.78 is 8.47. The van der Waals surface area contributed by atoms with Crippen LogP contribution in [-0.2, 0) is 7.05 Å². The van der Waals surface area contributed by atoms with Crippen molar-refractivity contribution < 1.29 is 9.53 Å². The number of nitrogens with zero attached hydrogens (tertiary/aromatic N) is 2. The molecular weight excluding hydrogens is 442 g/mol. The Kier molecular flexibility index (Phi) is 4.50. The van der Waals surface area contributed by atoms with Crippen molar-refractivity contribution in [2.45, 2.75) is 0 Å². The van der Waals surface area contributed by atoms with Gasteiger partial charge in [0.1, 0.15) is 5.75 Å². The van der Waals surface area contributed by atoms with E-state index in [1.54, 1.807) is 36.9 Å². The van der Waals surface area contributed by atoms with Crippen LogP contribution in [-0.4, -0.2) is 22.6 Å². The normalized spacial score (nSPS) is 11.4.